The van der Waals surface area contributed by atoms with E-state index in [2.05, 4.69) is 25.6 Å². The Morgan fingerprint density at radius 1 is 1.28 bits per heavy atom. The molecule has 0 unspecified atom stereocenters. The molecule has 0 saturated heterocycles. The van der Waals surface area contributed by atoms with Crippen LogP contribution in [0.5, 0.6) is 0 Å². The molecule has 6 heteroatoms. The summed E-state index contributed by atoms with van der Waals surface area (Å²) in [6, 6.07) is 1.84. The van der Waals surface area contributed by atoms with Crippen LogP contribution in [0.1, 0.15) is 37.3 Å². The quantitative estimate of drug-likeness (QED) is 0.901. The Bertz CT molecular complexity index is 553. The van der Waals surface area contributed by atoms with Gasteiger partial charge in [0, 0.05) is 16.9 Å². The fourth-order valence-electron chi connectivity index (χ4n) is 2.12. The third-order valence-electron chi connectivity index (χ3n) is 3.43. The Morgan fingerprint density at radius 3 is 2.56 bits per heavy atom. The van der Waals surface area contributed by atoms with Crippen LogP contribution in [0.3, 0.4) is 0 Å². The standard InChI is InChI=1S/C12H15BrN2O2S/c13-10-5-9(6-14-7-10)12(8-1-2-8)15-18(16,17)11-3-4-11/h5-8,11-12,15H,1-4H2/t12-/m1/s1. The lowest BCUT2D eigenvalue weighted by Gasteiger charge is -2.18. The topological polar surface area (TPSA) is 59.1 Å². The van der Waals surface area contributed by atoms with Gasteiger partial charge < -0.3 is 0 Å². The first kappa shape index (κ1) is 12.6. The van der Waals surface area contributed by atoms with Crippen molar-refractivity contribution in [2.24, 2.45) is 5.92 Å². The van der Waals surface area contributed by atoms with Crippen LogP contribution < -0.4 is 4.72 Å². The molecule has 1 aromatic heterocycles. The molecule has 1 N–H and O–H groups in total. The Morgan fingerprint density at radius 2 is 2.00 bits per heavy atom. The summed E-state index contributed by atoms with van der Waals surface area (Å²) in [6.45, 7) is 0. The largest absolute Gasteiger partial charge is 0.263 e. The third kappa shape index (κ3) is 2.75. The van der Waals surface area contributed by atoms with E-state index in [1.165, 1.54) is 0 Å². The van der Waals surface area contributed by atoms with Crippen molar-refractivity contribution < 1.29 is 8.42 Å². The second kappa shape index (κ2) is 4.58. The average Bonchev–Trinajstić information content (AvgIpc) is 3.18. The van der Waals surface area contributed by atoms with Gasteiger partial charge in [-0.1, -0.05) is 0 Å². The number of nitrogens with one attached hydrogen (secondary N) is 1. The van der Waals surface area contributed by atoms with Gasteiger partial charge in [0.25, 0.3) is 0 Å². The van der Waals surface area contributed by atoms with Crippen LogP contribution >= 0.6 is 15.9 Å². The molecule has 1 aromatic rings. The molecule has 0 aliphatic heterocycles. The van der Waals surface area contributed by atoms with Crippen LogP contribution in [0, 0.1) is 5.92 Å². The molecule has 1 atom stereocenters. The van der Waals surface area contributed by atoms with E-state index in [0.29, 0.717) is 5.92 Å². The molecule has 0 amide bonds. The molecule has 4 nitrogen and oxygen atoms in total. The van der Waals surface area contributed by atoms with Gasteiger partial charge in [0.1, 0.15) is 0 Å². The van der Waals surface area contributed by atoms with E-state index in [1.807, 2.05) is 6.07 Å². The van der Waals surface area contributed by atoms with E-state index >= 15 is 0 Å². The maximum Gasteiger partial charge on any atom is 0.215 e. The summed E-state index contributed by atoms with van der Waals surface area (Å²) in [7, 11) is -3.15. The van der Waals surface area contributed by atoms with E-state index in [-0.39, 0.29) is 11.3 Å². The SMILES string of the molecule is O=S(=O)(N[C@@H](c1cncc(Br)c1)C1CC1)C1CC1. The lowest BCUT2D eigenvalue weighted by molar-refractivity contribution is 0.527. The zero-order valence-corrected chi connectivity index (χ0v) is 12.2. The van der Waals surface area contributed by atoms with Crippen LogP contribution in [0.15, 0.2) is 22.9 Å². The third-order valence-corrected chi connectivity index (χ3v) is 5.80. The number of rotatable bonds is 5. The van der Waals surface area contributed by atoms with Gasteiger partial charge in [-0.15, -0.1) is 0 Å². The number of aromatic nitrogens is 1. The summed E-state index contributed by atoms with van der Waals surface area (Å²) in [5.41, 5.74) is 0.955. The molecular weight excluding hydrogens is 316 g/mol. The van der Waals surface area contributed by atoms with E-state index in [1.54, 1.807) is 12.4 Å². The van der Waals surface area contributed by atoms with E-state index in [0.717, 1.165) is 35.7 Å². The highest BCUT2D eigenvalue weighted by Crippen LogP contribution is 2.42. The molecule has 0 spiro atoms. The summed E-state index contributed by atoms with van der Waals surface area (Å²) >= 11 is 3.38. The first-order valence-corrected chi connectivity index (χ1v) is 8.52. The normalized spacial score (nSPS) is 21.8. The van der Waals surface area contributed by atoms with Gasteiger partial charge >= 0.3 is 0 Å². The molecule has 3 rings (SSSR count). The number of hydrogen-bond acceptors (Lipinski definition) is 3. The van der Waals surface area contributed by atoms with Crippen LogP contribution in [-0.4, -0.2) is 18.7 Å². The molecule has 0 aromatic carbocycles. The van der Waals surface area contributed by atoms with Gasteiger partial charge in [-0.05, 0) is 59.2 Å². The zero-order chi connectivity index (χ0) is 12.8. The molecule has 98 valence electrons. The van der Waals surface area contributed by atoms with Crippen molar-refractivity contribution in [1.29, 1.82) is 0 Å². The second-order valence-corrected chi connectivity index (χ2v) is 8.02. The molecule has 0 radical (unpaired) electrons. The van der Waals surface area contributed by atoms with Crippen LogP contribution in [-0.2, 0) is 10.0 Å². The minimum absolute atomic E-state index is 0.111. The molecular formula is C12H15BrN2O2S. The molecule has 2 fully saturated rings. The summed E-state index contributed by atoms with van der Waals surface area (Å²) in [5, 5.41) is -0.168. The minimum atomic E-state index is -3.15. The first-order valence-electron chi connectivity index (χ1n) is 6.18. The van der Waals surface area contributed by atoms with Gasteiger partial charge in [0.2, 0.25) is 10.0 Å². The van der Waals surface area contributed by atoms with Crippen molar-refractivity contribution in [1.82, 2.24) is 9.71 Å². The van der Waals surface area contributed by atoms with Crippen molar-refractivity contribution in [2.75, 3.05) is 0 Å². The van der Waals surface area contributed by atoms with Gasteiger partial charge in [0.05, 0.1) is 11.3 Å². The predicted molar refractivity (Wildman–Crippen MR) is 72.5 cm³/mol. The number of nitrogens with zero attached hydrogens (tertiary/aromatic N) is 1. The Balaban J connectivity index is 1.84. The lowest BCUT2D eigenvalue weighted by atomic mass is 10.1. The number of hydrogen-bond donors (Lipinski definition) is 1. The Hall–Kier alpha value is -0.460. The van der Waals surface area contributed by atoms with E-state index in [4.69, 9.17) is 0 Å². The van der Waals surface area contributed by atoms with Gasteiger partial charge in [0.15, 0.2) is 0 Å². The molecule has 0 bridgehead atoms. The molecule has 18 heavy (non-hydrogen) atoms. The van der Waals surface area contributed by atoms with E-state index in [9.17, 15) is 8.42 Å². The highest BCUT2D eigenvalue weighted by atomic mass is 79.9. The number of sulfonamides is 1. The minimum Gasteiger partial charge on any atom is -0.263 e. The van der Waals surface area contributed by atoms with Crippen molar-refractivity contribution in [2.45, 2.75) is 37.0 Å². The fourth-order valence-corrected chi connectivity index (χ4v) is 4.13. The molecule has 2 saturated carbocycles. The van der Waals surface area contributed by atoms with Crippen LogP contribution in [0.2, 0.25) is 0 Å². The monoisotopic (exact) mass is 330 g/mol. The first-order chi connectivity index (χ1) is 8.56. The van der Waals surface area contributed by atoms with Crippen molar-refractivity contribution in [3.05, 3.63) is 28.5 Å². The molecule has 2 aliphatic carbocycles. The average molecular weight is 331 g/mol. The summed E-state index contributed by atoms with van der Waals surface area (Å²) in [5.74, 6) is 0.426. The van der Waals surface area contributed by atoms with Crippen molar-refractivity contribution in [3.8, 4) is 0 Å². The summed E-state index contributed by atoms with van der Waals surface area (Å²) in [4.78, 5) is 4.12. The van der Waals surface area contributed by atoms with Crippen LogP contribution in [0.25, 0.3) is 0 Å². The van der Waals surface area contributed by atoms with Gasteiger partial charge in [-0.25, -0.2) is 13.1 Å². The highest BCUT2D eigenvalue weighted by molar-refractivity contribution is 9.10. The van der Waals surface area contributed by atoms with Crippen molar-refractivity contribution in [3.63, 3.8) is 0 Å². The molecule has 2 aliphatic rings. The number of pyridine rings is 1. The van der Waals surface area contributed by atoms with E-state index < -0.39 is 10.0 Å². The maximum atomic E-state index is 12.1. The lowest BCUT2D eigenvalue weighted by Crippen LogP contribution is -2.32. The fraction of sp³-hybridized carbons (Fsp3) is 0.583. The summed E-state index contributed by atoms with van der Waals surface area (Å²) < 4.78 is 27.9. The maximum absolute atomic E-state index is 12.1. The van der Waals surface area contributed by atoms with Gasteiger partial charge in [-0.3, -0.25) is 4.98 Å². The zero-order valence-electron chi connectivity index (χ0n) is 9.84. The van der Waals surface area contributed by atoms with Gasteiger partial charge in [-0.2, -0.15) is 0 Å². The molecule has 1 heterocycles. The van der Waals surface area contributed by atoms with Crippen molar-refractivity contribution >= 4 is 26.0 Å². The Kier molecular flexibility index (Phi) is 3.20. The summed E-state index contributed by atoms with van der Waals surface area (Å²) in [6.07, 6.45) is 7.23. The Labute approximate surface area is 115 Å². The van der Waals surface area contributed by atoms with Crippen LogP contribution in [0.4, 0.5) is 0 Å². The smallest absolute Gasteiger partial charge is 0.215 e. The number of halogens is 1. The predicted octanol–water partition coefficient (Wildman–Crippen LogP) is 2.38. The highest BCUT2D eigenvalue weighted by Gasteiger charge is 2.41. The second-order valence-electron chi connectivity index (χ2n) is 5.11.